The van der Waals surface area contributed by atoms with Gasteiger partial charge in [0.25, 0.3) is 5.91 Å². The Bertz CT molecular complexity index is 1460. The van der Waals surface area contributed by atoms with Crippen molar-refractivity contribution in [2.24, 2.45) is 5.92 Å². The maximum absolute atomic E-state index is 13.9. The highest BCUT2D eigenvalue weighted by atomic mass is 16.6. The number of piperidine rings is 1. The summed E-state index contributed by atoms with van der Waals surface area (Å²) < 4.78 is 19.4. The summed E-state index contributed by atoms with van der Waals surface area (Å²) in [4.78, 5) is 31.2. The van der Waals surface area contributed by atoms with Crippen molar-refractivity contribution in [3.63, 3.8) is 0 Å². The number of hydrogen-bond donors (Lipinski definition) is 0. The highest BCUT2D eigenvalue weighted by molar-refractivity contribution is 5.94. The first-order valence-corrected chi connectivity index (χ1v) is 15.0. The number of methoxy groups -OCH3 is 1. The Labute approximate surface area is 248 Å². The summed E-state index contributed by atoms with van der Waals surface area (Å²) in [7, 11) is 1.66. The Morgan fingerprint density at radius 2 is 2.00 bits per heavy atom. The van der Waals surface area contributed by atoms with Crippen LogP contribution in [0.2, 0.25) is 0 Å². The molecule has 5 atom stereocenters. The van der Waals surface area contributed by atoms with Crippen LogP contribution in [0.15, 0.2) is 55.1 Å². The number of ether oxygens (including phenoxy) is 3. The first kappa shape index (κ1) is 28.4. The van der Waals surface area contributed by atoms with E-state index >= 15 is 0 Å². The molecule has 220 valence electrons. The van der Waals surface area contributed by atoms with Gasteiger partial charge < -0.3 is 19.1 Å². The Morgan fingerprint density at radius 1 is 1.21 bits per heavy atom. The predicted octanol–water partition coefficient (Wildman–Crippen LogP) is 4.51. The lowest BCUT2D eigenvalue weighted by atomic mass is 9.48. The number of rotatable bonds is 7. The van der Waals surface area contributed by atoms with Crippen LogP contribution >= 0.6 is 0 Å². The molecular formula is C35H40N2O5. The van der Waals surface area contributed by atoms with Crippen molar-refractivity contribution in [2.75, 3.05) is 26.7 Å². The van der Waals surface area contributed by atoms with E-state index in [0.717, 1.165) is 36.3 Å². The largest absolute Gasteiger partial charge is 0.493 e. The van der Waals surface area contributed by atoms with Crippen LogP contribution in [0.4, 0.5) is 0 Å². The smallest absolute Gasteiger partial charge is 0.303 e. The van der Waals surface area contributed by atoms with Crippen molar-refractivity contribution in [1.29, 1.82) is 0 Å². The number of amides is 1. The zero-order valence-electron chi connectivity index (χ0n) is 25.0. The molecule has 0 radical (unpaired) electrons. The van der Waals surface area contributed by atoms with Gasteiger partial charge in [-0.15, -0.1) is 6.58 Å². The monoisotopic (exact) mass is 568 g/mol. The predicted molar refractivity (Wildman–Crippen MR) is 160 cm³/mol. The Balaban J connectivity index is 1.50. The van der Waals surface area contributed by atoms with E-state index in [0.29, 0.717) is 31.7 Å². The quantitative estimate of drug-likeness (QED) is 0.278. The molecule has 0 N–H and O–H groups in total. The van der Waals surface area contributed by atoms with Gasteiger partial charge in [-0.2, -0.15) is 0 Å². The average molecular weight is 569 g/mol. The molecule has 2 aromatic carbocycles. The first-order valence-electron chi connectivity index (χ1n) is 15.0. The molecule has 42 heavy (non-hydrogen) atoms. The van der Waals surface area contributed by atoms with Crippen LogP contribution < -0.4 is 9.47 Å². The lowest BCUT2D eigenvalue weighted by Gasteiger charge is -2.65. The number of carbonyl (C=O) groups excluding carboxylic acids is 2. The topological polar surface area (TPSA) is 68.3 Å². The maximum Gasteiger partial charge on any atom is 0.303 e. The second-order valence-electron chi connectivity index (χ2n) is 12.5. The molecule has 2 aromatic rings. The second-order valence-corrected chi connectivity index (χ2v) is 12.5. The minimum atomic E-state index is -0.797. The second kappa shape index (κ2) is 10.8. The van der Waals surface area contributed by atoms with Crippen LogP contribution in [0.3, 0.4) is 0 Å². The van der Waals surface area contributed by atoms with Gasteiger partial charge in [0.2, 0.25) is 0 Å². The van der Waals surface area contributed by atoms with Crippen LogP contribution in [-0.4, -0.2) is 72.2 Å². The Morgan fingerprint density at radius 3 is 2.69 bits per heavy atom. The number of hydrogen-bond acceptors (Lipinski definition) is 6. The average Bonchev–Trinajstić information content (AvgIpc) is 3.32. The molecule has 1 saturated carbocycles. The number of likely N-dealkylation sites (tertiary alicyclic amines) is 1. The standard InChI is InChI=1S/C35H40N2O5/c1-6-19-36-20-18-34-31-26-13-14-28(40-5)32(31)41-33(34)27(16-17-35(34,29(36)21-26)42-24(4)38)37(22-23(2)3)30(39)15-12-25-10-8-7-9-11-25/h6-11,13-14,23,27,29,33H,1,16-22H2,2-5H3/t27-,29+,33-,34-,35+/m0/s1. The molecule has 0 aromatic heterocycles. The van der Waals surface area contributed by atoms with E-state index in [9.17, 15) is 9.59 Å². The van der Waals surface area contributed by atoms with Gasteiger partial charge in [0, 0.05) is 43.6 Å². The summed E-state index contributed by atoms with van der Waals surface area (Å²) in [6.07, 6.45) is 4.25. The fourth-order valence-electron chi connectivity index (χ4n) is 8.37. The van der Waals surface area contributed by atoms with Crippen LogP contribution in [0, 0.1) is 17.8 Å². The van der Waals surface area contributed by atoms with Crippen molar-refractivity contribution in [1.82, 2.24) is 9.80 Å². The van der Waals surface area contributed by atoms with Gasteiger partial charge in [-0.1, -0.05) is 50.1 Å². The highest BCUT2D eigenvalue weighted by Crippen LogP contribution is 2.67. The minimum absolute atomic E-state index is 0.0285. The van der Waals surface area contributed by atoms with Gasteiger partial charge in [0.1, 0.15) is 11.7 Å². The molecule has 0 unspecified atom stereocenters. The van der Waals surface area contributed by atoms with Crippen LogP contribution in [-0.2, 0) is 26.2 Å². The van der Waals surface area contributed by atoms with Gasteiger partial charge in [-0.05, 0) is 55.4 Å². The summed E-state index contributed by atoms with van der Waals surface area (Å²) >= 11 is 0. The van der Waals surface area contributed by atoms with Gasteiger partial charge in [0.05, 0.1) is 24.6 Å². The molecule has 1 spiro atoms. The lowest BCUT2D eigenvalue weighted by Crippen LogP contribution is -2.79. The number of esters is 1. The molecule has 7 nitrogen and oxygen atoms in total. The van der Waals surface area contributed by atoms with Crippen LogP contribution in [0.1, 0.15) is 56.7 Å². The lowest BCUT2D eigenvalue weighted by molar-refractivity contribution is -0.223. The van der Waals surface area contributed by atoms with E-state index in [1.165, 1.54) is 12.5 Å². The van der Waals surface area contributed by atoms with E-state index < -0.39 is 17.1 Å². The molecule has 2 aliphatic carbocycles. The molecule has 4 aliphatic rings. The third-order valence-corrected chi connectivity index (χ3v) is 9.71. The van der Waals surface area contributed by atoms with Crippen molar-refractivity contribution >= 4 is 11.9 Å². The summed E-state index contributed by atoms with van der Waals surface area (Å²) in [5.74, 6) is 7.13. The summed E-state index contributed by atoms with van der Waals surface area (Å²) in [6, 6.07) is 13.4. The molecule has 2 heterocycles. The van der Waals surface area contributed by atoms with E-state index in [2.05, 4.69) is 43.2 Å². The summed E-state index contributed by atoms with van der Waals surface area (Å²) in [5.41, 5.74) is 1.67. The normalized spacial score (nSPS) is 28.5. The Kier molecular flexibility index (Phi) is 7.31. The van der Waals surface area contributed by atoms with Crippen LogP contribution in [0.5, 0.6) is 11.5 Å². The van der Waals surface area contributed by atoms with Crippen molar-refractivity contribution in [2.45, 2.75) is 75.7 Å². The fraction of sp³-hybridized carbons (Fsp3) is 0.486. The molecule has 2 fully saturated rings. The Hall–Kier alpha value is -3.76. The SMILES string of the molecule is C=CCN1CC[C@]23c4c5ccc(OC)c4O[C@H]2[C@@H](N(CC(C)C)C(=O)C#Cc2ccccc2)CC[C@@]3(OC(C)=O)[C@H]1C5. The first-order chi connectivity index (χ1) is 20.3. The van der Waals surface area contributed by atoms with E-state index in [4.69, 9.17) is 14.2 Å². The molecule has 1 amide bonds. The highest BCUT2D eigenvalue weighted by Gasteiger charge is 2.75. The van der Waals surface area contributed by atoms with Gasteiger partial charge in [0.15, 0.2) is 11.5 Å². The maximum atomic E-state index is 13.9. The zero-order valence-corrected chi connectivity index (χ0v) is 25.0. The number of benzene rings is 2. The molecular weight excluding hydrogens is 528 g/mol. The molecule has 7 heteroatoms. The molecule has 2 aliphatic heterocycles. The van der Waals surface area contributed by atoms with E-state index in [1.54, 1.807) is 7.11 Å². The third kappa shape index (κ3) is 4.22. The van der Waals surface area contributed by atoms with Gasteiger partial charge in [-0.3, -0.25) is 14.5 Å². The fourth-order valence-corrected chi connectivity index (χ4v) is 8.37. The number of nitrogens with zero attached hydrogens (tertiary/aromatic N) is 2. The van der Waals surface area contributed by atoms with Gasteiger partial charge >= 0.3 is 5.97 Å². The zero-order chi connectivity index (χ0) is 29.6. The van der Waals surface area contributed by atoms with Crippen molar-refractivity contribution in [3.05, 3.63) is 71.8 Å². The third-order valence-electron chi connectivity index (χ3n) is 9.71. The van der Waals surface area contributed by atoms with Crippen molar-refractivity contribution < 1.29 is 23.8 Å². The van der Waals surface area contributed by atoms with Gasteiger partial charge in [-0.25, -0.2) is 0 Å². The molecule has 6 rings (SSSR count). The summed E-state index contributed by atoms with van der Waals surface area (Å²) in [5, 5.41) is 0. The summed E-state index contributed by atoms with van der Waals surface area (Å²) in [6.45, 7) is 11.8. The number of carbonyl (C=O) groups is 2. The molecule has 1 saturated heterocycles. The van der Waals surface area contributed by atoms with Crippen LogP contribution in [0.25, 0.3) is 0 Å². The van der Waals surface area contributed by atoms with Crippen molar-refractivity contribution in [3.8, 4) is 23.3 Å². The minimum Gasteiger partial charge on any atom is -0.493 e. The van der Waals surface area contributed by atoms with E-state index in [1.807, 2.05) is 47.4 Å². The molecule has 2 bridgehead atoms. The van der Waals surface area contributed by atoms with E-state index in [-0.39, 0.29) is 29.9 Å².